The molecule has 2 N–H and O–H groups in total. The van der Waals surface area contributed by atoms with Crippen molar-refractivity contribution in [2.24, 2.45) is 11.3 Å². The standard InChI is InChI=1S/C10H18O2/c1-9-4-3-7(5-9)10(2,12)6-8(9)11/h7-8,11-12H,3-6H2,1-2H3/t7-,8+,9+,10+/m0/s1. The van der Waals surface area contributed by atoms with Crippen LogP contribution in [0.15, 0.2) is 0 Å². The van der Waals surface area contributed by atoms with Crippen molar-refractivity contribution in [3.63, 3.8) is 0 Å². The van der Waals surface area contributed by atoms with Gasteiger partial charge in [-0.05, 0) is 37.5 Å². The summed E-state index contributed by atoms with van der Waals surface area (Å²) in [6.45, 7) is 4.01. The minimum absolute atomic E-state index is 0.104. The van der Waals surface area contributed by atoms with Gasteiger partial charge in [0.1, 0.15) is 0 Å². The summed E-state index contributed by atoms with van der Waals surface area (Å²) in [5.41, 5.74) is -0.512. The Hall–Kier alpha value is -0.0800. The summed E-state index contributed by atoms with van der Waals surface area (Å²) in [7, 11) is 0. The van der Waals surface area contributed by atoms with Gasteiger partial charge >= 0.3 is 0 Å². The fourth-order valence-electron chi connectivity index (χ4n) is 2.91. The van der Waals surface area contributed by atoms with Gasteiger partial charge in [-0.25, -0.2) is 0 Å². The van der Waals surface area contributed by atoms with E-state index in [1.54, 1.807) is 0 Å². The Labute approximate surface area is 73.6 Å². The summed E-state index contributed by atoms with van der Waals surface area (Å²) in [5.74, 6) is 0.422. The SMILES string of the molecule is C[C@@]12CC[C@@H](C1)[C@](C)(O)C[C@H]2O. The van der Waals surface area contributed by atoms with E-state index < -0.39 is 5.60 Å². The number of hydrogen-bond donors (Lipinski definition) is 2. The van der Waals surface area contributed by atoms with Gasteiger partial charge in [-0.1, -0.05) is 6.92 Å². The molecule has 0 spiro atoms. The third kappa shape index (κ3) is 1.01. The van der Waals surface area contributed by atoms with E-state index in [9.17, 15) is 10.2 Å². The lowest BCUT2D eigenvalue weighted by molar-refractivity contribution is -0.101. The molecule has 2 nitrogen and oxygen atoms in total. The molecule has 2 heteroatoms. The second-order valence-electron chi connectivity index (χ2n) is 5.17. The summed E-state index contributed by atoms with van der Waals surface area (Å²) in [5, 5.41) is 19.8. The van der Waals surface area contributed by atoms with E-state index in [4.69, 9.17) is 0 Å². The predicted octanol–water partition coefficient (Wildman–Crippen LogP) is 1.31. The van der Waals surface area contributed by atoms with Gasteiger partial charge in [-0.2, -0.15) is 0 Å². The van der Waals surface area contributed by atoms with Crippen molar-refractivity contribution < 1.29 is 10.2 Å². The molecule has 0 heterocycles. The van der Waals surface area contributed by atoms with Crippen LogP contribution in [0.2, 0.25) is 0 Å². The minimum atomic E-state index is -0.616. The van der Waals surface area contributed by atoms with Crippen LogP contribution in [-0.2, 0) is 0 Å². The fourth-order valence-corrected chi connectivity index (χ4v) is 2.91. The van der Waals surface area contributed by atoms with E-state index in [1.165, 1.54) is 0 Å². The molecule has 0 aromatic carbocycles. The van der Waals surface area contributed by atoms with Crippen molar-refractivity contribution in [2.75, 3.05) is 0 Å². The Morgan fingerprint density at radius 3 is 2.58 bits per heavy atom. The molecule has 2 aliphatic carbocycles. The van der Waals surface area contributed by atoms with Crippen molar-refractivity contribution in [1.82, 2.24) is 0 Å². The number of aliphatic hydroxyl groups excluding tert-OH is 1. The normalized spacial score (nSPS) is 59.0. The van der Waals surface area contributed by atoms with E-state index in [0.717, 1.165) is 19.3 Å². The zero-order valence-corrected chi connectivity index (χ0v) is 7.88. The lowest BCUT2D eigenvalue weighted by Crippen LogP contribution is -2.46. The van der Waals surface area contributed by atoms with E-state index >= 15 is 0 Å². The van der Waals surface area contributed by atoms with Crippen molar-refractivity contribution in [3.8, 4) is 0 Å². The van der Waals surface area contributed by atoms with Gasteiger partial charge in [0.15, 0.2) is 0 Å². The first-order chi connectivity index (χ1) is 5.44. The summed E-state index contributed by atoms with van der Waals surface area (Å²) < 4.78 is 0. The highest BCUT2D eigenvalue weighted by Gasteiger charge is 2.53. The quantitative estimate of drug-likeness (QED) is 0.575. The highest BCUT2D eigenvalue weighted by molar-refractivity contribution is 5.04. The average Bonchev–Trinajstić information content (AvgIpc) is 2.28. The van der Waals surface area contributed by atoms with Gasteiger partial charge in [-0.15, -0.1) is 0 Å². The Balaban J connectivity index is 2.25. The maximum Gasteiger partial charge on any atom is 0.0672 e. The van der Waals surface area contributed by atoms with Crippen LogP contribution in [0.5, 0.6) is 0 Å². The van der Waals surface area contributed by atoms with Gasteiger partial charge in [0.05, 0.1) is 11.7 Å². The van der Waals surface area contributed by atoms with Crippen LogP contribution in [0.4, 0.5) is 0 Å². The monoisotopic (exact) mass is 170 g/mol. The third-order valence-corrected chi connectivity index (χ3v) is 4.07. The van der Waals surface area contributed by atoms with E-state index in [1.807, 2.05) is 6.92 Å². The third-order valence-electron chi connectivity index (χ3n) is 4.07. The first-order valence-electron chi connectivity index (χ1n) is 4.84. The largest absolute Gasteiger partial charge is 0.392 e. The lowest BCUT2D eigenvalue weighted by atomic mass is 9.69. The average molecular weight is 170 g/mol. The molecule has 0 aromatic rings. The Morgan fingerprint density at radius 2 is 1.92 bits per heavy atom. The van der Waals surface area contributed by atoms with Crippen molar-refractivity contribution in [2.45, 2.75) is 51.2 Å². The molecule has 0 radical (unpaired) electrons. The number of rotatable bonds is 0. The van der Waals surface area contributed by atoms with Crippen molar-refractivity contribution >= 4 is 0 Å². The maximum absolute atomic E-state index is 9.99. The van der Waals surface area contributed by atoms with Gasteiger partial charge in [-0.3, -0.25) is 0 Å². The lowest BCUT2D eigenvalue weighted by Gasteiger charge is -2.42. The minimum Gasteiger partial charge on any atom is -0.392 e. The zero-order valence-electron chi connectivity index (χ0n) is 7.88. The second kappa shape index (κ2) is 2.24. The summed E-state index contributed by atoms with van der Waals surface area (Å²) in [6.07, 6.45) is 3.43. The Bertz CT molecular complexity index is 200. The summed E-state index contributed by atoms with van der Waals surface area (Å²) in [4.78, 5) is 0. The molecule has 2 rings (SSSR count). The van der Waals surface area contributed by atoms with E-state index in [-0.39, 0.29) is 11.5 Å². The first kappa shape index (κ1) is 8.52. The molecule has 12 heavy (non-hydrogen) atoms. The predicted molar refractivity (Wildman–Crippen MR) is 46.7 cm³/mol. The van der Waals surface area contributed by atoms with Gasteiger partial charge in [0.2, 0.25) is 0 Å². The van der Waals surface area contributed by atoms with Gasteiger partial charge < -0.3 is 10.2 Å². The fraction of sp³-hybridized carbons (Fsp3) is 1.00. The first-order valence-corrected chi connectivity index (χ1v) is 4.84. The van der Waals surface area contributed by atoms with E-state index in [2.05, 4.69) is 6.92 Å². The smallest absolute Gasteiger partial charge is 0.0672 e. The van der Waals surface area contributed by atoms with Crippen molar-refractivity contribution in [1.29, 1.82) is 0 Å². The molecule has 0 aliphatic heterocycles. The molecule has 0 saturated heterocycles. The highest BCUT2D eigenvalue weighted by Crippen LogP contribution is 2.54. The molecule has 2 bridgehead atoms. The molecule has 4 atom stereocenters. The Morgan fingerprint density at radius 1 is 1.25 bits per heavy atom. The maximum atomic E-state index is 9.99. The van der Waals surface area contributed by atoms with Crippen LogP contribution in [0.25, 0.3) is 0 Å². The van der Waals surface area contributed by atoms with Crippen LogP contribution in [0.1, 0.15) is 39.5 Å². The summed E-state index contributed by atoms with van der Waals surface area (Å²) in [6, 6.07) is 0. The van der Waals surface area contributed by atoms with Crippen LogP contribution in [-0.4, -0.2) is 21.9 Å². The van der Waals surface area contributed by atoms with Crippen LogP contribution in [0, 0.1) is 11.3 Å². The van der Waals surface area contributed by atoms with Crippen LogP contribution >= 0.6 is 0 Å². The molecule has 2 saturated carbocycles. The Kier molecular flexibility index (Phi) is 1.59. The van der Waals surface area contributed by atoms with E-state index in [0.29, 0.717) is 12.3 Å². The highest BCUT2D eigenvalue weighted by atomic mass is 16.3. The molecular formula is C10H18O2. The molecule has 2 aliphatic rings. The van der Waals surface area contributed by atoms with Gasteiger partial charge in [0, 0.05) is 6.42 Å². The molecule has 2 fully saturated rings. The van der Waals surface area contributed by atoms with Crippen LogP contribution in [0.3, 0.4) is 0 Å². The number of fused-ring (bicyclic) bond motifs is 2. The second-order valence-corrected chi connectivity index (χ2v) is 5.17. The number of hydrogen-bond acceptors (Lipinski definition) is 2. The van der Waals surface area contributed by atoms with Crippen molar-refractivity contribution in [3.05, 3.63) is 0 Å². The topological polar surface area (TPSA) is 40.5 Å². The molecule has 70 valence electrons. The number of aliphatic hydroxyl groups is 2. The molecule has 0 unspecified atom stereocenters. The van der Waals surface area contributed by atoms with Gasteiger partial charge in [0.25, 0.3) is 0 Å². The molecule has 0 aromatic heterocycles. The molecule has 0 amide bonds. The molecular weight excluding hydrogens is 152 g/mol. The summed E-state index contributed by atoms with van der Waals surface area (Å²) >= 11 is 0. The zero-order chi connectivity index (χ0) is 8.98. The van der Waals surface area contributed by atoms with Crippen LogP contribution < -0.4 is 0 Å².